The van der Waals surface area contributed by atoms with Crippen molar-refractivity contribution in [3.8, 4) is 0 Å². The first-order valence-electron chi connectivity index (χ1n) is 22.9. The Hall–Kier alpha value is -5.37. The molecule has 38 nitrogen and oxygen atoms in total. The molecule has 6 aromatic rings. The van der Waals surface area contributed by atoms with Crippen LogP contribution < -0.4 is 52.5 Å². The first kappa shape index (κ1) is 58.3. The molecule has 3 aliphatic rings. The number of aliphatic hydroxyl groups excluding tert-OH is 2. The average molecular weight is 1190 g/mol. The van der Waals surface area contributed by atoms with Crippen LogP contribution in [0.4, 0.5) is 17.7 Å². The predicted octanol–water partition coefficient (Wildman–Crippen LogP) is -4.57. The van der Waals surface area contributed by atoms with Gasteiger partial charge < -0.3 is 93.5 Å². The molecule has 16 atom stereocenters. The van der Waals surface area contributed by atoms with Crippen LogP contribution in [0.15, 0.2) is 46.8 Å². The molecule has 42 heteroatoms. The molecule has 0 saturated carbocycles. The Kier molecular flexibility index (Phi) is 16.4. The third kappa shape index (κ3) is 12.0. The van der Waals surface area contributed by atoms with Gasteiger partial charge in [-0.15, -0.1) is 0 Å². The Labute approximate surface area is 441 Å². The lowest BCUT2D eigenvalue weighted by Crippen LogP contribution is -2.46. The molecule has 79 heavy (non-hydrogen) atoms. The second kappa shape index (κ2) is 22.2. The molecule has 0 spiro atoms. The number of phosphoric acid groups is 3. The molecule has 3 fully saturated rings. The van der Waals surface area contributed by atoms with Crippen molar-refractivity contribution in [2.75, 3.05) is 44.6 Å². The van der Waals surface area contributed by atoms with Crippen molar-refractivity contribution in [3.05, 3.63) is 57.9 Å². The second-order valence-electron chi connectivity index (χ2n) is 17.8. The van der Waals surface area contributed by atoms with E-state index in [9.17, 15) is 57.6 Å². The van der Waals surface area contributed by atoms with E-state index in [1.54, 1.807) is 13.8 Å². The zero-order valence-electron chi connectivity index (χ0n) is 41.3. The molecule has 10 N–H and O–H groups in total. The largest absolute Gasteiger partial charge is 0.775 e. The van der Waals surface area contributed by atoms with Crippen molar-refractivity contribution in [1.82, 2.24) is 53.6 Å². The van der Waals surface area contributed by atoms with Crippen molar-refractivity contribution in [1.29, 1.82) is 0 Å². The van der Waals surface area contributed by atoms with Crippen LogP contribution in [0.25, 0.3) is 33.5 Å². The molecule has 0 aromatic carbocycles. The summed E-state index contributed by atoms with van der Waals surface area (Å²) in [7, 11) is -20.6. The van der Waals surface area contributed by atoms with E-state index in [4.69, 9.17) is 59.2 Å². The van der Waals surface area contributed by atoms with Gasteiger partial charge in [0.1, 0.15) is 66.8 Å². The van der Waals surface area contributed by atoms with E-state index in [0.717, 1.165) is 33.2 Å². The molecule has 3 saturated heterocycles. The van der Waals surface area contributed by atoms with Gasteiger partial charge in [0.15, 0.2) is 49.0 Å². The van der Waals surface area contributed by atoms with Gasteiger partial charge >= 0.3 is 5.65 Å². The van der Waals surface area contributed by atoms with Crippen LogP contribution in [0, 0.1) is 0 Å². The van der Waals surface area contributed by atoms with Gasteiger partial charge in [0.05, 0.1) is 39.0 Å². The molecule has 0 radical (unpaired) electrons. The number of aromatic nitrogens is 12. The summed E-state index contributed by atoms with van der Waals surface area (Å²) < 4.78 is 116. The maximum absolute atomic E-state index is 13.8. The number of nitrogens with one attached hydrogen (secondary N) is 2. The normalized spacial score (nSPS) is 29.7. The summed E-state index contributed by atoms with van der Waals surface area (Å²) >= 11 is 0. The molecule has 0 amide bonds. The van der Waals surface area contributed by atoms with E-state index in [1.807, 2.05) is 0 Å². The summed E-state index contributed by atoms with van der Waals surface area (Å²) in [5.41, 5.74) is 15.8. The SMILES string of the molecule is COC1[C@@H](OP(=O)([O-])OC[C@H]2O[C@@H](n3cnc4c(=O)[nH]c(N)nc43)C(O)[C@H]2OC(C)C)[C@@H](/C=C/P(=O)([O-])OP(=O)([O-])OP(=O)([O-])OC[C@H]2O[C@@H]([n+]3cn(C)c4c(=O)[nH]c(N)nc43)C(O)[C@H]2OC)O[C@H]1n1cnc2c(N)ncnc21. The van der Waals surface area contributed by atoms with Gasteiger partial charge in [0.25, 0.3) is 40.5 Å². The van der Waals surface area contributed by atoms with Gasteiger partial charge in [0.2, 0.25) is 17.7 Å². The zero-order valence-corrected chi connectivity index (χ0v) is 44.9. The third-order valence-corrected chi connectivity index (χ3v) is 17.5. The quantitative estimate of drug-likeness (QED) is 0.0263. The first-order chi connectivity index (χ1) is 37.1. The van der Waals surface area contributed by atoms with E-state index in [-0.39, 0.29) is 57.0 Å². The first-order valence-corrected chi connectivity index (χ1v) is 28.9. The highest BCUT2D eigenvalue weighted by molar-refractivity contribution is 7.68. The summed E-state index contributed by atoms with van der Waals surface area (Å²) in [5.74, 6) is -0.604. The minimum Gasteiger partial charge on any atom is -0.775 e. The minimum absolute atomic E-state index is 0.00418. The van der Waals surface area contributed by atoms with Crippen LogP contribution in [-0.4, -0.2) is 152 Å². The number of methoxy groups -OCH3 is 2. The van der Waals surface area contributed by atoms with Crippen molar-refractivity contribution >= 4 is 82.3 Å². The molecule has 9 rings (SSSR count). The standard InChI is InChI=1S/C37H51N15O23P4/c1-14(2)69-24-17(72-33(22(24)54)51-12-44-19-29(51)45-36(39)47-31(19)55)9-67-77(59,60)73-25-15(70-35(26(25)66-5)50-11-43-18-27(38)41-10-42-28(18)50)6-7-76(57,58)74-79(63,64)75-78(61,62)68-8-16-23(65-4)21(53)34(71-16)52-13-49(3)20-30(52)46-37(40)48-32(20)56/h6-7,10-17,21-26,33-35,53-54H,8-9H2,1-5H3,(H11-,38,39,40,41,42,45,46,47,48,55,56,57,58,59,60,61,62,63,64)/p-3/b7-6+/t15-,16-,17-,21?,22?,23+,24+,25+,26?,33-,34-,35-/m1/s1. The minimum atomic E-state index is -6.49. The molecular weight excluding hydrogens is 1150 g/mol. The average Bonchev–Trinajstić information content (AvgIpc) is 4.40. The van der Waals surface area contributed by atoms with Gasteiger partial charge in [-0.3, -0.25) is 51.3 Å². The number of ether oxygens (including phenoxy) is 6. The number of aromatic amines is 2. The van der Waals surface area contributed by atoms with E-state index in [1.165, 1.54) is 31.6 Å². The monoisotopic (exact) mass is 1190 g/mol. The third-order valence-electron chi connectivity index (χ3n) is 12.2. The molecule has 9 heterocycles. The number of nitrogen functional groups attached to an aromatic ring is 3. The maximum atomic E-state index is 13.8. The highest BCUT2D eigenvalue weighted by atomic mass is 31.3. The van der Waals surface area contributed by atoms with Crippen LogP contribution in [0.1, 0.15) is 32.5 Å². The molecule has 0 bridgehead atoms. The van der Waals surface area contributed by atoms with E-state index >= 15 is 0 Å². The number of nitrogens with zero attached hydrogens (tertiary/aromatic N) is 10. The summed E-state index contributed by atoms with van der Waals surface area (Å²) in [5, 5.41) is 22.5. The van der Waals surface area contributed by atoms with Crippen molar-refractivity contribution in [2.45, 2.75) is 93.6 Å². The molecular formula is C37H48N15O23P4-3. The smallest absolute Gasteiger partial charge is 0.313 e. The zero-order chi connectivity index (χ0) is 57.3. The number of hydrogen-bond acceptors (Lipinski definition) is 32. The Morgan fingerprint density at radius 2 is 1.39 bits per heavy atom. The number of nitrogens with two attached hydrogens (primary N) is 3. The number of phosphoric ester groups is 2. The number of H-pyrrole nitrogens is 2. The van der Waals surface area contributed by atoms with Crippen molar-refractivity contribution in [2.24, 2.45) is 7.05 Å². The fourth-order valence-electron chi connectivity index (χ4n) is 9.02. The summed E-state index contributed by atoms with van der Waals surface area (Å²) in [6.45, 7) is 1.21. The Morgan fingerprint density at radius 3 is 2.08 bits per heavy atom. The molecule has 0 aliphatic carbocycles. The fraction of sp³-hybridized carbons (Fsp3) is 0.541. The van der Waals surface area contributed by atoms with Gasteiger partial charge in [-0.2, -0.15) is 4.98 Å². The highest BCUT2D eigenvalue weighted by Crippen LogP contribution is 2.63. The van der Waals surface area contributed by atoms with Gasteiger partial charge in [-0.25, -0.2) is 28.8 Å². The van der Waals surface area contributed by atoms with Crippen LogP contribution in [0.5, 0.6) is 0 Å². The molecule has 432 valence electrons. The van der Waals surface area contributed by atoms with E-state index in [0.29, 0.717) is 6.08 Å². The molecule has 7 unspecified atom stereocenters. The van der Waals surface area contributed by atoms with Gasteiger partial charge in [-0.05, 0) is 25.7 Å². The Bertz CT molecular complexity index is 3610. The number of fused-ring (bicyclic) bond motifs is 3. The van der Waals surface area contributed by atoms with Crippen LogP contribution in [-0.2, 0) is 75.9 Å². The van der Waals surface area contributed by atoms with E-state index < -0.39 is 135 Å². The van der Waals surface area contributed by atoms with Gasteiger partial charge in [0, 0.05) is 14.2 Å². The lowest BCUT2D eigenvalue weighted by atomic mass is 10.1. The lowest BCUT2D eigenvalue weighted by molar-refractivity contribution is -0.745. The predicted molar refractivity (Wildman–Crippen MR) is 252 cm³/mol. The number of anilines is 3. The van der Waals surface area contributed by atoms with E-state index in [2.05, 4.69) is 48.5 Å². The van der Waals surface area contributed by atoms with Gasteiger partial charge in [-0.1, -0.05) is 4.98 Å². The van der Waals surface area contributed by atoms with Crippen LogP contribution >= 0.6 is 31.1 Å². The lowest BCUT2D eigenvalue weighted by Gasteiger charge is -2.34. The Morgan fingerprint density at radius 1 is 0.759 bits per heavy atom. The number of aliphatic hydroxyl groups is 2. The van der Waals surface area contributed by atoms with Crippen LogP contribution in [0.3, 0.4) is 0 Å². The number of rotatable bonds is 21. The topological polar surface area (TPSA) is 542 Å². The molecule has 6 aromatic heterocycles. The maximum Gasteiger partial charge on any atom is 0.313 e. The summed E-state index contributed by atoms with van der Waals surface area (Å²) in [6, 6.07) is 0. The number of imidazole rings is 3. The summed E-state index contributed by atoms with van der Waals surface area (Å²) in [6.07, 6.45) is -13.8. The number of hydrogen-bond donors (Lipinski definition) is 7. The van der Waals surface area contributed by atoms with Crippen molar-refractivity contribution in [3.63, 3.8) is 0 Å². The number of aryl methyl sites for hydroxylation is 1. The van der Waals surface area contributed by atoms with Crippen molar-refractivity contribution < 1.29 is 103 Å². The second-order valence-corrected chi connectivity index (χ2v) is 23.9. The fourth-order valence-corrected chi connectivity index (χ4v) is 13.5. The summed E-state index contributed by atoms with van der Waals surface area (Å²) in [4.78, 5) is 107. The highest BCUT2D eigenvalue weighted by Gasteiger charge is 2.51. The van der Waals surface area contributed by atoms with Crippen LogP contribution in [0.2, 0.25) is 0 Å². The molecule has 3 aliphatic heterocycles. The Balaban J connectivity index is 0.903.